The van der Waals surface area contributed by atoms with Crippen molar-refractivity contribution in [1.29, 1.82) is 0 Å². The Morgan fingerprint density at radius 2 is 1.88 bits per heavy atom. The summed E-state index contributed by atoms with van der Waals surface area (Å²) in [5.41, 5.74) is 0.581. The number of carbonyl (C=O) groups is 2. The third-order valence-corrected chi connectivity index (χ3v) is 5.04. The van der Waals surface area contributed by atoms with Crippen LogP contribution in [0.3, 0.4) is 0 Å². The van der Waals surface area contributed by atoms with Crippen molar-refractivity contribution in [2.75, 3.05) is 32.7 Å². The molecule has 0 atom stereocenters. The van der Waals surface area contributed by atoms with Crippen LogP contribution in [0.1, 0.15) is 42.6 Å². The smallest absolute Gasteiger partial charge is 0.269 e. The van der Waals surface area contributed by atoms with E-state index in [1.165, 1.54) is 6.42 Å². The molecule has 0 spiro atoms. The first-order valence-electron chi connectivity index (χ1n) is 8.91. The fourth-order valence-corrected chi connectivity index (χ4v) is 3.51. The van der Waals surface area contributed by atoms with Gasteiger partial charge in [-0.3, -0.25) is 14.5 Å². The largest absolute Gasteiger partial charge is 0.348 e. The molecule has 0 unspecified atom stereocenters. The molecule has 2 fully saturated rings. The van der Waals surface area contributed by atoms with Crippen molar-refractivity contribution in [2.45, 2.75) is 38.1 Å². The van der Waals surface area contributed by atoms with Crippen molar-refractivity contribution < 1.29 is 9.59 Å². The predicted octanol–water partition coefficient (Wildman–Crippen LogP) is 0.627. The summed E-state index contributed by atoms with van der Waals surface area (Å²) >= 11 is 0. The molecule has 0 radical (unpaired) electrons. The zero-order valence-corrected chi connectivity index (χ0v) is 14.4. The molecule has 0 aliphatic carbocycles. The first-order valence-corrected chi connectivity index (χ1v) is 8.91. The average Bonchev–Trinajstić information content (AvgIpc) is 3.03. The molecular formula is C17H27N5O2. The van der Waals surface area contributed by atoms with Gasteiger partial charge < -0.3 is 14.8 Å². The van der Waals surface area contributed by atoms with Crippen molar-refractivity contribution in [2.24, 2.45) is 7.05 Å². The van der Waals surface area contributed by atoms with Gasteiger partial charge in [-0.2, -0.15) is 0 Å². The van der Waals surface area contributed by atoms with Gasteiger partial charge in [0.15, 0.2) is 0 Å². The van der Waals surface area contributed by atoms with Gasteiger partial charge in [0.1, 0.15) is 5.69 Å². The van der Waals surface area contributed by atoms with Gasteiger partial charge in [0.05, 0.1) is 19.1 Å². The maximum atomic E-state index is 12.3. The third kappa shape index (κ3) is 4.14. The maximum Gasteiger partial charge on any atom is 0.269 e. The molecule has 2 amide bonds. The van der Waals surface area contributed by atoms with E-state index in [-0.39, 0.29) is 17.9 Å². The Morgan fingerprint density at radius 1 is 1.17 bits per heavy atom. The van der Waals surface area contributed by atoms with Crippen molar-refractivity contribution >= 4 is 11.8 Å². The van der Waals surface area contributed by atoms with E-state index in [1.807, 2.05) is 11.9 Å². The lowest BCUT2D eigenvalue weighted by Crippen LogP contribution is -2.48. The number of rotatable bonds is 4. The highest BCUT2D eigenvalue weighted by Crippen LogP contribution is 2.13. The van der Waals surface area contributed by atoms with E-state index >= 15 is 0 Å². The molecule has 2 aliphatic heterocycles. The van der Waals surface area contributed by atoms with E-state index < -0.39 is 0 Å². The summed E-state index contributed by atoms with van der Waals surface area (Å²) in [6.45, 7) is 4.06. The van der Waals surface area contributed by atoms with Crippen molar-refractivity contribution in [3.63, 3.8) is 0 Å². The minimum Gasteiger partial charge on any atom is -0.348 e. The average molecular weight is 333 g/mol. The molecule has 0 aromatic carbocycles. The number of nitrogens with one attached hydrogen (secondary N) is 1. The molecule has 3 heterocycles. The van der Waals surface area contributed by atoms with Crippen LogP contribution in [0.15, 0.2) is 12.5 Å². The monoisotopic (exact) mass is 333 g/mol. The van der Waals surface area contributed by atoms with E-state index in [1.54, 1.807) is 17.1 Å². The van der Waals surface area contributed by atoms with Gasteiger partial charge in [0, 0.05) is 39.3 Å². The molecule has 1 aromatic heterocycles. The van der Waals surface area contributed by atoms with Crippen LogP contribution in [0.25, 0.3) is 0 Å². The lowest BCUT2D eigenvalue weighted by atomic mass is 10.0. The summed E-state index contributed by atoms with van der Waals surface area (Å²) in [6, 6.07) is 0.175. The Balaban J connectivity index is 1.41. The molecule has 0 bridgehead atoms. The number of amides is 2. The molecule has 24 heavy (non-hydrogen) atoms. The zero-order chi connectivity index (χ0) is 16.9. The predicted molar refractivity (Wildman–Crippen MR) is 90.6 cm³/mol. The Bertz CT molecular complexity index is 571. The Morgan fingerprint density at radius 3 is 2.50 bits per heavy atom. The van der Waals surface area contributed by atoms with Crippen molar-refractivity contribution in [3.8, 4) is 0 Å². The van der Waals surface area contributed by atoms with Crippen LogP contribution in [-0.2, 0) is 11.8 Å². The highest BCUT2D eigenvalue weighted by atomic mass is 16.2. The first kappa shape index (κ1) is 17.0. The van der Waals surface area contributed by atoms with E-state index in [0.717, 1.165) is 51.9 Å². The minimum absolute atomic E-state index is 0.0714. The summed E-state index contributed by atoms with van der Waals surface area (Å²) < 4.78 is 1.72. The fraction of sp³-hybridized carbons (Fsp3) is 0.706. The topological polar surface area (TPSA) is 70.5 Å². The second kappa shape index (κ2) is 7.79. The van der Waals surface area contributed by atoms with Crippen molar-refractivity contribution in [3.05, 3.63) is 18.2 Å². The fourth-order valence-electron chi connectivity index (χ4n) is 3.51. The summed E-state index contributed by atoms with van der Waals surface area (Å²) in [7, 11) is 1.82. The van der Waals surface area contributed by atoms with Crippen LogP contribution < -0.4 is 5.32 Å². The molecule has 7 nitrogen and oxygen atoms in total. The molecule has 2 aliphatic rings. The second-order valence-corrected chi connectivity index (χ2v) is 6.86. The van der Waals surface area contributed by atoms with Gasteiger partial charge >= 0.3 is 0 Å². The van der Waals surface area contributed by atoms with Gasteiger partial charge in [-0.15, -0.1) is 0 Å². The Hall–Kier alpha value is -1.89. The number of hydrogen-bond acceptors (Lipinski definition) is 4. The standard InChI is InChI=1S/C17H27N5O2/c1-20-13-18-11-15(20)17(24)19-14-5-9-21(10-6-14)12-16(23)22-7-3-2-4-8-22/h11,13-14H,2-10,12H2,1H3,(H,19,24). The number of imidazole rings is 1. The van der Waals surface area contributed by atoms with Gasteiger partial charge in [0.25, 0.3) is 5.91 Å². The number of aryl methyl sites for hydroxylation is 1. The van der Waals surface area contributed by atoms with Crippen LogP contribution in [-0.4, -0.2) is 69.9 Å². The van der Waals surface area contributed by atoms with Crippen LogP contribution in [0.4, 0.5) is 0 Å². The zero-order valence-electron chi connectivity index (χ0n) is 14.4. The van der Waals surface area contributed by atoms with E-state index in [0.29, 0.717) is 12.2 Å². The quantitative estimate of drug-likeness (QED) is 0.877. The summed E-state index contributed by atoms with van der Waals surface area (Å²) in [5, 5.41) is 3.08. The van der Waals surface area contributed by atoms with Crippen LogP contribution >= 0.6 is 0 Å². The molecule has 3 rings (SSSR count). The summed E-state index contributed by atoms with van der Waals surface area (Å²) in [6.07, 6.45) is 8.49. The highest BCUT2D eigenvalue weighted by Gasteiger charge is 2.25. The maximum absolute atomic E-state index is 12.3. The first-order chi connectivity index (χ1) is 11.6. The molecule has 2 saturated heterocycles. The molecule has 1 aromatic rings. The number of carbonyl (C=O) groups excluding carboxylic acids is 2. The molecule has 0 saturated carbocycles. The van der Waals surface area contributed by atoms with E-state index in [2.05, 4.69) is 15.2 Å². The number of nitrogens with zero attached hydrogens (tertiary/aromatic N) is 4. The van der Waals surface area contributed by atoms with Crippen LogP contribution in [0.2, 0.25) is 0 Å². The van der Waals surface area contributed by atoms with Gasteiger partial charge in [-0.05, 0) is 32.1 Å². The van der Waals surface area contributed by atoms with E-state index in [9.17, 15) is 9.59 Å². The summed E-state index contributed by atoms with van der Waals surface area (Å²) in [4.78, 5) is 32.7. The van der Waals surface area contributed by atoms with Crippen molar-refractivity contribution in [1.82, 2.24) is 24.7 Å². The second-order valence-electron chi connectivity index (χ2n) is 6.86. The Kier molecular flexibility index (Phi) is 5.50. The lowest BCUT2D eigenvalue weighted by molar-refractivity contribution is -0.133. The third-order valence-electron chi connectivity index (χ3n) is 5.04. The van der Waals surface area contributed by atoms with Gasteiger partial charge in [-0.25, -0.2) is 4.98 Å². The number of hydrogen-bond donors (Lipinski definition) is 1. The van der Waals surface area contributed by atoms with Gasteiger partial charge in [-0.1, -0.05) is 0 Å². The highest BCUT2D eigenvalue weighted by molar-refractivity contribution is 5.92. The summed E-state index contributed by atoms with van der Waals surface area (Å²) in [5.74, 6) is 0.185. The minimum atomic E-state index is -0.0714. The number of piperidine rings is 2. The normalized spacial score (nSPS) is 20.1. The van der Waals surface area contributed by atoms with Crippen LogP contribution in [0, 0.1) is 0 Å². The Labute approximate surface area is 143 Å². The SMILES string of the molecule is Cn1cncc1C(=O)NC1CCN(CC(=O)N2CCCCC2)CC1. The number of aromatic nitrogens is 2. The van der Waals surface area contributed by atoms with Gasteiger partial charge in [0.2, 0.25) is 5.91 Å². The molecular weight excluding hydrogens is 306 g/mol. The molecule has 1 N–H and O–H groups in total. The van der Waals surface area contributed by atoms with E-state index in [4.69, 9.17) is 0 Å². The molecule has 7 heteroatoms. The van der Waals surface area contributed by atoms with Crippen LogP contribution in [0.5, 0.6) is 0 Å². The number of likely N-dealkylation sites (tertiary alicyclic amines) is 2. The molecule has 132 valence electrons. The lowest BCUT2D eigenvalue weighted by Gasteiger charge is -2.34.